The SMILES string of the molecule is CC(C)CCCCCCCc1cccc2ccccc12. The maximum atomic E-state index is 2.32. The molecule has 0 bridgehead atoms. The van der Waals surface area contributed by atoms with Crippen LogP contribution in [0.5, 0.6) is 0 Å². The van der Waals surface area contributed by atoms with E-state index in [1.165, 1.54) is 61.3 Å². The van der Waals surface area contributed by atoms with Crippen molar-refractivity contribution in [2.75, 3.05) is 0 Å². The van der Waals surface area contributed by atoms with Crippen molar-refractivity contribution in [3.05, 3.63) is 48.0 Å². The van der Waals surface area contributed by atoms with Crippen LogP contribution in [0.2, 0.25) is 0 Å². The Hall–Kier alpha value is -1.30. The summed E-state index contributed by atoms with van der Waals surface area (Å²) in [6.45, 7) is 4.64. The summed E-state index contributed by atoms with van der Waals surface area (Å²) in [6, 6.07) is 15.4. The molecule has 0 radical (unpaired) electrons. The van der Waals surface area contributed by atoms with Crippen LogP contribution in [-0.2, 0) is 6.42 Å². The fourth-order valence-electron chi connectivity index (χ4n) is 2.91. The van der Waals surface area contributed by atoms with E-state index in [9.17, 15) is 0 Å². The first kappa shape index (κ1) is 15.1. The Morgan fingerprint density at radius 2 is 1.45 bits per heavy atom. The van der Waals surface area contributed by atoms with Crippen molar-refractivity contribution < 1.29 is 0 Å². The molecular formula is C20H28. The van der Waals surface area contributed by atoms with Crippen LogP contribution in [0.15, 0.2) is 42.5 Å². The summed E-state index contributed by atoms with van der Waals surface area (Å²) in [4.78, 5) is 0. The van der Waals surface area contributed by atoms with Gasteiger partial charge < -0.3 is 0 Å². The minimum atomic E-state index is 0.866. The average molecular weight is 268 g/mol. The predicted molar refractivity (Wildman–Crippen MR) is 90.2 cm³/mol. The summed E-state index contributed by atoms with van der Waals surface area (Å²) < 4.78 is 0. The van der Waals surface area contributed by atoms with Gasteiger partial charge in [-0.3, -0.25) is 0 Å². The molecule has 0 unspecified atom stereocenters. The number of unbranched alkanes of at least 4 members (excludes halogenated alkanes) is 4. The maximum Gasteiger partial charge on any atom is -0.0152 e. The molecule has 0 aliphatic carbocycles. The molecule has 0 heterocycles. The van der Waals surface area contributed by atoms with Gasteiger partial charge in [0.1, 0.15) is 0 Å². The molecule has 0 amide bonds. The van der Waals surface area contributed by atoms with Crippen LogP contribution >= 0.6 is 0 Å². The molecule has 0 saturated carbocycles. The van der Waals surface area contributed by atoms with Gasteiger partial charge in [0.2, 0.25) is 0 Å². The van der Waals surface area contributed by atoms with E-state index in [1.807, 2.05) is 0 Å². The van der Waals surface area contributed by atoms with Gasteiger partial charge in [-0.1, -0.05) is 88.4 Å². The highest BCUT2D eigenvalue weighted by molar-refractivity contribution is 5.85. The molecule has 0 saturated heterocycles. The van der Waals surface area contributed by atoms with Crippen LogP contribution < -0.4 is 0 Å². The molecule has 0 nitrogen and oxygen atoms in total. The average Bonchev–Trinajstić information content (AvgIpc) is 2.46. The molecule has 0 aliphatic rings. The van der Waals surface area contributed by atoms with E-state index in [-0.39, 0.29) is 0 Å². The van der Waals surface area contributed by atoms with Crippen molar-refractivity contribution in [3.63, 3.8) is 0 Å². The van der Waals surface area contributed by atoms with Crippen LogP contribution in [-0.4, -0.2) is 0 Å². The van der Waals surface area contributed by atoms with Crippen molar-refractivity contribution in [2.24, 2.45) is 5.92 Å². The third-order valence-electron chi connectivity index (χ3n) is 4.11. The number of hydrogen-bond acceptors (Lipinski definition) is 0. The molecule has 2 aromatic carbocycles. The van der Waals surface area contributed by atoms with Crippen molar-refractivity contribution in [2.45, 2.75) is 58.8 Å². The van der Waals surface area contributed by atoms with Gasteiger partial charge in [-0.15, -0.1) is 0 Å². The molecule has 0 atom stereocenters. The van der Waals surface area contributed by atoms with E-state index in [1.54, 1.807) is 0 Å². The molecule has 108 valence electrons. The third kappa shape index (κ3) is 4.67. The van der Waals surface area contributed by atoms with Crippen molar-refractivity contribution >= 4 is 10.8 Å². The lowest BCUT2D eigenvalue weighted by Crippen LogP contribution is -1.89. The Kier molecular flexibility index (Phi) is 6.11. The Balaban J connectivity index is 1.73. The number of aryl methyl sites for hydroxylation is 1. The molecule has 0 N–H and O–H groups in total. The summed E-state index contributed by atoms with van der Waals surface area (Å²) in [7, 11) is 0. The van der Waals surface area contributed by atoms with Crippen LogP contribution in [0.25, 0.3) is 10.8 Å². The number of fused-ring (bicyclic) bond motifs is 1. The van der Waals surface area contributed by atoms with Crippen LogP contribution in [0, 0.1) is 5.92 Å². The number of rotatable bonds is 8. The maximum absolute atomic E-state index is 2.32. The van der Waals surface area contributed by atoms with E-state index in [4.69, 9.17) is 0 Å². The second-order valence-electron chi connectivity index (χ2n) is 6.34. The van der Waals surface area contributed by atoms with Crippen LogP contribution in [0.3, 0.4) is 0 Å². The number of hydrogen-bond donors (Lipinski definition) is 0. The third-order valence-corrected chi connectivity index (χ3v) is 4.11. The minimum absolute atomic E-state index is 0.866. The van der Waals surface area contributed by atoms with Gasteiger partial charge in [-0.2, -0.15) is 0 Å². The Labute approximate surface area is 124 Å². The van der Waals surface area contributed by atoms with E-state index >= 15 is 0 Å². The summed E-state index contributed by atoms with van der Waals surface area (Å²) >= 11 is 0. The molecule has 0 aliphatic heterocycles. The first-order chi connectivity index (χ1) is 9.77. The highest BCUT2D eigenvalue weighted by Gasteiger charge is 2.00. The molecule has 0 spiro atoms. The fourth-order valence-corrected chi connectivity index (χ4v) is 2.91. The van der Waals surface area contributed by atoms with E-state index in [0.717, 1.165) is 5.92 Å². The lowest BCUT2D eigenvalue weighted by molar-refractivity contribution is 0.515. The van der Waals surface area contributed by atoms with Gasteiger partial charge in [-0.25, -0.2) is 0 Å². The zero-order chi connectivity index (χ0) is 14.2. The quantitative estimate of drug-likeness (QED) is 0.487. The normalized spacial score (nSPS) is 11.3. The first-order valence-corrected chi connectivity index (χ1v) is 8.24. The van der Waals surface area contributed by atoms with E-state index < -0.39 is 0 Å². The topological polar surface area (TPSA) is 0 Å². The summed E-state index contributed by atoms with van der Waals surface area (Å²) in [5.41, 5.74) is 1.52. The Morgan fingerprint density at radius 3 is 2.30 bits per heavy atom. The van der Waals surface area contributed by atoms with Crippen molar-refractivity contribution in [3.8, 4) is 0 Å². The largest absolute Gasteiger partial charge is 0.0628 e. The molecule has 2 rings (SSSR count). The molecule has 0 fully saturated rings. The van der Waals surface area contributed by atoms with Gasteiger partial charge in [0.15, 0.2) is 0 Å². The van der Waals surface area contributed by atoms with Gasteiger partial charge in [0.05, 0.1) is 0 Å². The van der Waals surface area contributed by atoms with Crippen molar-refractivity contribution in [1.82, 2.24) is 0 Å². The fraction of sp³-hybridized carbons (Fsp3) is 0.500. The first-order valence-electron chi connectivity index (χ1n) is 8.24. The Bertz CT molecular complexity index is 505. The lowest BCUT2D eigenvalue weighted by atomic mass is 9.98. The summed E-state index contributed by atoms with van der Waals surface area (Å²) in [5, 5.41) is 2.82. The predicted octanol–water partition coefficient (Wildman–Crippen LogP) is 6.38. The molecule has 20 heavy (non-hydrogen) atoms. The number of benzene rings is 2. The van der Waals surface area contributed by atoms with Gasteiger partial charge in [-0.05, 0) is 35.1 Å². The lowest BCUT2D eigenvalue weighted by Gasteiger charge is -2.07. The zero-order valence-electron chi connectivity index (χ0n) is 13.1. The molecule has 0 heteroatoms. The highest BCUT2D eigenvalue weighted by atomic mass is 14.1. The highest BCUT2D eigenvalue weighted by Crippen LogP contribution is 2.20. The molecule has 0 aromatic heterocycles. The molecular weight excluding hydrogens is 240 g/mol. The minimum Gasteiger partial charge on any atom is -0.0628 e. The van der Waals surface area contributed by atoms with Gasteiger partial charge in [0.25, 0.3) is 0 Å². The summed E-state index contributed by atoms with van der Waals surface area (Å²) in [6.07, 6.45) is 9.54. The van der Waals surface area contributed by atoms with Gasteiger partial charge >= 0.3 is 0 Å². The summed E-state index contributed by atoms with van der Waals surface area (Å²) in [5.74, 6) is 0.866. The van der Waals surface area contributed by atoms with Gasteiger partial charge in [0, 0.05) is 0 Å². The standard InChI is InChI=1S/C20H28/c1-17(2)11-6-4-3-5-7-12-18-14-10-15-19-13-8-9-16-20(18)19/h8-10,13-17H,3-7,11-12H2,1-2H3. The molecule has 2 aromatic rings. The van der Waals surface area contributed by atoms with Crippen LogP contribution in [0.4, 0.5) is 0 Å². The van der Waals surface area contributed by atoms with E-state index in [0.29, 0.717) is 0 Å². The second-order valence-corrected chi connectivity index (χ2v) is 6.34. The van der Waals surface area contributed by atoms with Crippen molar-refractivity contribution in [1.29, 1.82) is 0 Å². The smallest absolute Gasteiger partial charge is 0.0152 e. The van der Waals surface area contributed by atoms with Crippen LogP contribution in [0.1, 0.15) is 57.9 Å². The second kappa shape index (κ2) is 8.09. The zero-order valence-corrected chi connectivity index (χ0v) is 13.1. The Morgan fingerprint density at radius 1 is 0.750 bits per heavy atom. The van der Waals surface area contributed by atoms with E-state index in [2.05, 4.69) is 56.3 Å². The monoisotopic (exact) mass is 268 g/mol.